The molecule has 1 aromatic heterocycles. The molecule has 2 N–H and O–H groups in total. The van der Waals surface area contributed by atoms with Gasteiger partial charge in [0.2, 0.25) is 5.95 Å². The van der Waals surface area contributed by atoms with Crippen LogP contribution in [0.25, 0.3) is 0 Å². The molecule has 6 heteroatoms. The molecule has 96 valence electrons. The van der Waals surface area contributed by atoms with E-state index in [1.54, 1.807) is 0 Å². The lowest BCUT2D eigenvalue weighted by atomic mass is 10.1. The van der Waals surface area contributed by atoms with Gasteiger partial charge in [0.25, 0.3) is 5.91 Å². The number of hydrogen-bond donors (Lipinski definition) is 2. The molecule has 1 heterocycles. The average molecular weight is 252 g/mol. The maximum Gasteiger partial charge on any atom is 0.305 e. The Bertz CT molecular complexity index is 474. The van der Waals surface area contributed by atoms with E-state index >= 15 is 0 Å². The number of hydrogen-bond acceptors (Lipinski definition) is 3. The normalized spacial score (nSPS) is 16.1. The van der Waals surface area contributed by atoms with Crippen molar-refractivity contribution in [2.75, 3.05) is 0 Å². The topological polar surface area (TPSA) is 79.3 Å². The highest BCUT2D eigenvalue weighted by Crippen LogP contribution is 2.34. The maximum absolute atomic E-state index is 13.3. The van der Waals surface area contributed by atoms with Crippen LogP contribution in [0, 0.1) is 11.9 Å². The van der Waals surface area contributed by atoms with Gasteiger partial charge in [-0.1, -0.05) is 0 Å². The summed E-state index contributed by atoms with van der Waals surface area (Å²) in [6.45, 7) is 0. The van der Waals surface area contributed by atoms with Crippen molar-refractivity contribution in [3.05, 3.63) is 29.8 Å². The van der Waals surface area contributed by atoms with Crippen LogP contribution in [-0.2, 0) is 4.79 Å². The fourth-order valence-corrected chi connectivity index (χ4v) is 1.82. The molecule has 0 aliphatic heterocycles. The van der Waals surface area contributed by atoms with Gasteiger partial charge in [0.15, 0.2) is 0 Å². The van der Waals surface area contributed by atoms with Crippen LogP contribution in [0.15, 0.2) is 18.3 Å². The summed E-state index contributed by atoms with van der Waals surface area (Å²) in [5.41, 5.74) is -0.159. The van der Waals surface area contributed by atoms with Crippen molar-refractivity contribution in [3.8, 4) is 0 Å². The van der Waals surface area contributed by atoms with Gasteiger partial charge >= 0.3 is 5.97 Å². The van der Waals surface area contributed by atoms with Crippen molar-refractivity contribution < 1.29 is 19.1 Å². The minimum Gasteiger partial charge on any atom is -0.481 e. The van der Waals surface area contributed by atoms with Gasteiger partial charge in [0.05, 0.1) is 12.0 Å². The summed E-state index contributed by atoms with van der Waals surface area (Å²) in [4.78, 5) is 25.9. The van der Waals surface area contributed by atoms with Crippen LogP contribution >= 0.6 is 0 Å². The highest BCUT2D eigenvalue weighted by atomic mass is 19.1. The Balaban J connectivity index is 2.05. The van der Waals surface area contributed by atoms with E-state index in [1.807, 2.05) is 0 Å². The molecular weight excluding hydrogens is 239 g/mol. The Labute approximate surface area is 103 Å². The van der Waals surface area contributed by atoms with Gasteiger partial charge in [-0.2, -0.15) is 4.39 Å². The van der Waals surface area contributed by atoms with Crippen molar-refractivity contribution in [3.63, 3.8) is 0 Å². The summed E-state index contributed by atoms with van der Waals surface area (Å²) in [6.07, 6.45) is 2.90. The molecule has 1 aliphatic carbocycles. The molecule has 0 spiro atoms. The number of nitrogens with zero attached hydrogens (tertiary/aromatic N) is 1. The molecule has 1 unspecified atom stereocenters. The largest absolute Gasteiger partial charge is 0.481 e. The van der Waals surface area contributed by atoms with Crippen LogP contribution in [0.5, 0.6) is 0 Å². The Hall–Kier alpha value is -1.98. The lowest BCUT2D eigenvalue weighted by Gasteiger charge is -2.16. The van der Waals surface area contributed by atoms with E-state index in [9.17, 15) is 14.0 Å². The number of carboxylic acids is 1. The van der Waals surface area contributed by atoms with Crippen LogP contribution in [0.3, 0.4) is 0 Å². The van der Waals surface area contributed by atoms with Crippen molar-refractivity contribution in [2.24, 2.45) is 5.92 Å². The first kappa shape index (κ1) is 12.5. The predicted molar refractivity (Wildman–Crippen MR) is 60.4 cm³/mol. The molecule has 2 rings (SSSR count). The molecule has 1 saturated carbocycles. The average Bonchev–Trinajstić information content (AvgIpc) is 3.11. The van der Waals surface area contributed by atoms with Gasteiger partial charge in [0.1, 0.15) is 0 Å². The zero-order chi connectivity index (χ0) is 13.1. The van der Waals surface area contributed by atoms with Crippen LogP contribution in [0.4, 0.5) is 4.39 Å². The molecule has 1 amide bonds. The van der Waals surface area contributed by atoms with Crippen LogP contribution < -0.4 is 5.32 Å². The molecule has 1 fully saturated rings. The lowest BCUT2D eigenvalue weighted by Crippen LogP contribution is -2.38. The van der Waals surface area contributed by atoms with E-state index in [0.717, 1.165) is 12.8 Å². The van der Waals surface area contributed by atoms with E-state index in [1.165, 1.54) is 18.3 Å². The van der Waals surface area contributed by atoms with E-state index in [-0.39, 0.29) is 17.9 Å². The second-order valence-corrected chi connectivity index (χ2v) is 4.36. The Morgan fingerprint density at radius 2 is 2.28 bits per heavy atom. The zero-order valence-corrected chi connectivity index (χ0v) is 9.60. The Kier molecular flexibility index (Phi) is 3.55. The summed E-state index contributed by atoms with van der Waals surface area (Å²) < 4.78 is 13.3. The summed E-state index contributed by atoms with van der Waals surface area (Å²) in [5, 5.41) is 11.3. The third kappa shape index (κ3) is 3.03. The molecule has 0 saturated heterocycles. The Morgan fingerprint density at radius 3 is 2.83 bits per heavy atom. The number of carbonyl (C=O) groups is 2. The van der Waals surface area contributed by atoms with Crippen molar-refractivity contribution in [2.45, 2.75) is 25.3 Å². The number of nitrogens with one attached hydrogen (secondary N) is 1. The molecule has 1 aromatic rings. The molecule has 5 nitrogen and oxygen atoms in total. The predicted octanol–water partition coefficient (Wildman–Crippen LogP) is 1.20. The van der Waals surface area contributed by atoms with Crippen molar-refractivity contribution in [1.29, 1.82) is 0 Å². The third-order valence-electron chi connectivity index (χ3n) is 2.91. The molecule has 1 aliphatic rings. The van der Waals surface area contributed by atoms with Crippen molar-refractivity contribution in [1.82, 2.24) is 10.3 Å². The molecule has 1 atom stereocenters. The van der Waals surface area contributed by atoms with E-state index in [4.69, 9.17) is 5.11 Å². The smallest absolute Gasteiger partial charge is 0.305 e. The first-order valence-corrected chi connectivity index (χ1v) is 5.71. The molecule has 0 bridgehead atoms. The second-order valence-electron chi connectivity index (χ2n) is 4.36. The number of rotatable bonds is 5. The number of carboxylic acid groups (broad SMARTS) is 1. The number of aliphatic carboxylic acids is 1. The maximum atomic E-state index is 13.3. The number of pyridine rings is 1. The number of amides is 1. The lowest BCUT2D eigenvalue weighted by molar-refractivity contribution is -0.137. The fourth-order valence-electron chi connectivity index (χ4n) is 1.82. The van der Waals surface area contributed by atoms with Crippen LogP contribution in [-0.4, -0.2) is 28.0 Å². The van der Waals surface area contributed by atoms with Gasteiger partial charge in [-0.15, -0.1) is 0 Å². The monoisotopic (exact) mass is 252 g/mol. The quantitative estimate of drug-likeness (QED) is 0.772. The molecular formula is C12H13FN2O3. The highest BCUT2D eigenvalue weighted by molar-refractivity contribution is 5.94. The number of aromatic nitrogens is 1. The SMILES string of the molecule is O=C(O)CC(NC(=O)c1cccnc1F)C1CC1. The van der Waals surface area contributed by atoms with Gasteiger partial charge < -0.3 is 10.4 Å². The van der Waals surface area contributed by atoms with Gasteiger partial charge in [-0.05, 0) is 30.9 Å². The van der Waals surface area contributed by atoms with Crippen LogP contribution in [0.2, 0.25) is 0 Å². The fraction of sp³-hybridized carbons (Fsp3) is 0.417. The first-order valence-electron chi connectivity index (χ1n) is 5.71. The van der Waals surface area contributed by atoms with E-state index in [2.05, 4.69) is 10.3 Å². The molecule has 0 radical (unpaired) electrons. The van der Waals surface area contributed by atoms with Gasteiger partial charge in [-0.3, -0.25) is 9.59 Å². The molecule has 0 aromatic carbocycles. The second kappa shape index (κ2) is 5.12. The number of halogens is 1. The minimum atomic E-state index is -0.973. The van der Waals surface area contributed by atoms with E-state index in [0.29, 0.717) is 0 Å². The summed E-state index contributed by atoms with van der Waals surface area (Å²) >= 11 is 0. The Morgan fingerprint density at radius 1 is 1.56 bits per heavy atom. The molecule has 18 heavy (non-hydrogen) atoms. The summed E-state index contributed by atoms with van der Waals surface area (Å²) in [7, 11) is 0. The van der Waals surface area contributed by atoms with Gasteiger partial charge in [0, 0.05) is 12.2 Å². The number of carbonyl (C=O) groups excluding carboxylic acids is 1. The van der Waals surface area contributed by atoms with E-state index < -0.39 is 23.9 Å². The highest BCUT2D eigenvalue weighted by Gasteiger charge is 2.34. The third-order valence-corrected chi connectivity index (χ3v) is 2.91. The summed E-state index contributed by atoms with van der Waals surface area (Å²) in [6, 6.07) is 2.35. The van der Waals surface area contributed by atoms with Gasteiger partial charge in [-0.25, -0.2) is 4.98 Å². The van der Waals surface area contributed by atoms with Crippen molar-refractivity contribution >= 4 is 11.9 Å². The summed E-state index contributed by atoms with van der Waals surface area (Å²) in [5.74, 6) is -2.25. The zero-order valence-electron chi connectivity index (χ0n) is 9.60. The standard InChI is InChI=1S/C12H13FN2O3/c13-11-8(2-1-5-14-11)12(18)15-9(6-10(16)17)7-3-4-7/h1-2,5,7,9H,3-4,6H2,(H,15,18)(H,16,17). The first-order chi connectivity index (χ1) is 8.58. The van der Waals surface area contributed by atoms with Crippen LogP contribution in [0.1, 0.15) is 29.6 Å². The minimum absolute atomic E-state index is 0.141.